The minimum atomic E-state index is -0.120. The van der Waals surface area contributed by atoms with E-state index in [1.54, 1.807) is 23.2 Å². The van der Waals surface area contributed by atoms with E-state index in [1.165, 1.54) is 0 Å². The highest BCUT2D eigenvalue weighted by molar-refractivity contribution is 9.10. The standard InChI is InChI=1S/C13H19BrN2O2/c1-3-11(4-2)16(7-8-17)13(18)12-6-5-10(14)9-15-12/h5-6,9,11,17H,3-4,7-8H2,1-2H3. The summed E-state index contributed by atoms with van der Waals surface area (Å²) in [6.07, 6.45) is 3.36. The molecule has 1 aromatic rings. The van der Waals surface area contributed by atoms with Crippen LogP contribution in [0.25, 0.3) is 0 Å². The Morgan fingerprint density at radius 2 is 2.11 bits per heavy atom. The van der Waals surface area contributed by atoms with Crippen LogP contribution >= 0.6 is 15.9 Å². The van der Waals surface area contributed by atoms with E-state index in [2.05, 4.69) is 20.9 Å². The van der Waals surface area contributed by atoms with E-state index in [0.717, 1.165) is 17.3 Å². The molecule has 0 spiro atoms. The van der Waals surface area contributed by atoms with Crippen molar-refractivity contribution >= 4 is 21.8 Å². The van der Waals surface area contributed by atoms with Gasteiger partial charge in [0.05, 0.1) is 6.61 Å². The molecule has 0 aliphatic carbocycles. The molecule has 0 atom stereocenters. The minimum absolute atomic E-state index is 0.0290. The molecule has 0 fully saturated rings. The topological polar surface area (TPSA) is 53.4 Å². The minimum Gasteiger partial charge on any atom is -0.395 e. The van der Waals surface area contributed by atoms with E-state index in [4.69, 9.17) is 5.11 Å². The van der Waals surface area contributed by atoms with Crippen LogP contribution in [-0.2, 0) is 0 Å². The highest BCUT2D eigenvalue weighted by Gasteiger charge is 2.22. The van der Waals surface area contributed by atoms with E-state index in [-0.39, 0.29) is 18.6 Å². The number of aliphatic hydroxyl groups excluding tert-OH is 1. The van der Waals surface area contributed by atoms with Crippen LogP contribution in [0.5, 0.6) is 0 Å². The van der Waals surface area contributed by atoms with Crippen molar-refractivity contribution in [1.82, 2.24) is 9.88 Å². The SMILES string of the molecule is CCC(CC)N(CCO)C(=O)c1ccc(Br)cn1. The Hall–Kier alpha value is -0.940. The second kappa shape index (κ2) is 7.48. The molecule has 100 valence electrons. The molecule has 1 amide bonds. The lowest BCUT2D eigenvalue weighted by Gasteiger charge is -2.29. The predicted octanol–water partition coefficient (Wildman–Crippen LogP) is 2.47. The van der Waals surface area contributed by atoms with Gasteiger partial charge in [0.1, 0.15) is 5.69 Å². The number of halogens is 1. The van der Waals surface area contributed by atoms with Crippen LogP contribution in [-0.4, -0.2) is 40.1 Å². The number of carbonyl (C=O) groups is 1. The van der Waals surface area contributed by atoms with Crippen LogP contribution in [0.2, 0.25) is 0 Å². The van der Waals surface area contributed by atoms with Gasteiger partial charge >= 0.3 is 0 Å². The van der Waals surface area contributed by atoms with Crippen molar-refractivity contribution in [2.24, 2.45) is 0 Å². The van der Waals surface area contributed by atoms with Gasteiger partial charge in [0.2, 0.25) is 0 Å². The highest BCUT2D eigenvalue weighted by atomic mass is 79.9. The summed E-state index contributed by atoms with van der Waals surface area (Å²) in [6.45, 7) is 4.41. The van der Waals surface area contributed by atoms with Crippen molar-refractivity contribution < 1.29 is 9.90 Å². The van der Waals surface area contributed by atoms with Crippen LogP contribution in [0.4, 0.5) is 0 Å². The van der Waals surface area contributed by atoms with Crippen molar-refractivity contribution in [1.29, 1.82) is 0 Å². The summed E-state index contributed by atoms with van der Waals surface area (Å²) in [5.74, 6) is -0.120. The summed E-state index contributed by atoms with van der Waals surface area (Å²) in [5.41, 5.74) is 0.415. The van der Waals surface area contributed by atoms with Gasteiger partial charge in [-0.1, -0.05) is 13.8 Å². The molecule has 0 saturated heterocycles. The smallest absolute Gasteiger partial charge is 0.272 e. The molecular weight excluding hydrogens is 296 g/mol. The number of aromatic nitrogens is 1. The Balaban J connectivity index is 2.91. The normalized spacial score (nSPS) is 10.7. The third-order valence-corrected chi connectivity index (χ3v) is 3.40. The Kier molecular flexibility index (Phi) is 6.29. The number of nitrogens with zero attached hydrogens (tertiary/aromatic N) is 2. The average Bonchev–Trinajstić information content (AvgIpc) is 2.39. The van der Waals surface area contributed by atoms with Crippen molar-refractivity contribution in [3.63, 3.8) is 0 Å². The third kappa shape index (κ3) is 3.78. The lowest BCUT2D eigenvalue weighted by Crippen LogP contribution is -2.41. The van der Waals surface area contributed by atoms with Crippen LogP contribution in [0, 0.1) is 0 Å². The van der Waals surface area contributed by atoms with Gasteiger partial charge in [-0.15, -0.1) is 0 Å². The van der Waals surface area contributed by atoms with Crippen molar-refractivity contribution in [2.75, 3.05) is 13.2 Å². The molecule has 5 heteroatoms. The summed E-state index contributed by atoms with van der Waals surface area (Å²) < 4.78 is 0.843. The van der Waals surface area contributed by atoms with E-state index in [0.29, 0.717) is 12.2 Å². The maximum absolute atomic E-state index is 12.3. The zero-order chi connectivity index (χ0) is 13.5. The van der Waals surface area contributed by atoms with Gasteiger partial charge in [-0.25, -0.2) is 4.98 Å². The van der Waals surface area contributed by atoms with Gasteiger partial charge in [-0.2, -0.15) is 0 Å². The van der Waals surface area contributed by atoms with Gasteiger partial charge < -0.3 is 10.0 Å². The maximum atomic E-state index is 12.3. The quantitative estimate of drug-likeness (QED) is 0.877. The molecule has 0 radical (unpaired) electrons. The van der Waals surface area contributed by atoms with Gasteiger partial charge in [0.25, 0.3) is 5.91 Å². The van der Waals surface area contributed by atoms with Crippen molar-refractivity contribution in [3.8, 4) is 0 Å². The van der Waals surface area contributed by atoms with Crippen LogP contribution < -0.4 is 0 Å². The summed E-state index contributed by atoms with van der Waals surface area (Å²) in [4.78, 5) is 18.2. The number of hydrogen-bond donors (Lipinski definition) is 1. The Morgan fingerprint density at radius 3 is 2.56 bits per heavy atom. The molecule has 0 bridgehead atoms. The van der Waals surface area contributed by atoms with Crippen molar-refractivity contribution in [3.05, 3.63) is 28.5 Å². The lowest BCUT2D eigenvalue weighted by atomic mass is 10.1. The molecule has 4 nitrogen and oxygen atoms in total. The summed E-state index contributed by atoms with van der Waals surface area (Å²) in [7, 11) is 0. The van der Waals surface area contributed by atoms with Gasteiger partial charge in [0.15, 0.2) is 0 Å². The fourth-order valence-electron chi connectivity index (χ4n) is 1.94. The number of carbonyl (C=O) groups excluding carboxylic acids is 1. The molecule has 0 aliphatic heterocycles. The second-order valence-electron chi connectivity index (χ2n) is 4.05. The van der Waals surface area contributed by atoms with Gasteiger partial charge in [-0.3, -0.25) is 4.79 Å². The Bertz CT molecular complexity index is 377. The molecule has 1 N–H and O–H groups in total. The molecule has 0 aliphatic rings. The Morgan fingerprint density at radius 1 is 1.44 bits per heavy atom. The zero-order valence-corrected chi connectivity index (χ0v) is 12.4. The first-order valence-electron chi connectivity index (χ1n) is 6.17. The summed E-state index contributed by atoms with van der Waals surface area (Å²) >= 11 is 3.29. The molecular formula is C13H19BrN2O2. The van der Waals surface area contributed by atoms with Crippen molar-refractivity contribution in [2.45, 2.75) is 32.7 Å². The third-order valence-electron chi connectivity index (χ3n) is 2.93. The summed E-state index contributed by atoms with van der Waals surface area (Å²) in [6, 6.07) is 3.64. The molecule has 1 aromatic heterocycles. The number of rotatable bonds is 6. The molecule has 18 heavy (non-hydrogen) atoms. The molecule has 1 rings (SSSR count). The van der Waals surface area contributed by atoms with Crippen LogP contribution in [0.15, 0.2) is 22.8 Å². The monoisotopic (exact) mass is 314 g/mol. The lowest BCUT2D eigenvalue weighted by molar-refractivity contribution is 0.0616. The first kappa shape index (κ1) is 15.1. The average molecular weight is 315 g/mol. The van der Waals surface area contributed by atoms with E-state index in [9.17, 15) is 4.79 Å². The summed E-state index contributed by atoms with van der Waals surface area (Å²) in [5, 5.41) is 9.09. The molecule has 1 heterocycles. The number of hydrogen-bond acceptors (Lipinski definition) is 3. The van der Waals surface area contributed by atoms with Gasteiger partial charge in [0, 0.05) is 23.3 Å². The fraction of sp³-hybridized carbons (Fsp3) is 0.538. The number of aliphatic hydroxyl groups is 1. The number of pyridine rings is 1. The van der Waals surface area contributed by atoms with Gasteiger partial charge in [-0.05, 0) is 40.9 Å². The molecule has 0 saturated carbocycles. The first-order valence-corrected chi connectivity index (χ1v) is 6.96. The molecule has 0 aromatic carbocycles. The van der Waals surface area contributed by atoms with E-state index < -0.39 is 0 Å². The van der Waals surface area contributed by atoms with Crippen LogP contribution in [0.3, 0.4) is 0 Å². The highest BCUT2D eigenvalue weighted by Crippen LogP contribution is 2.14. The fourth-order valence-corrected chi connectivity index (χ4v) is 2.17. The van der Waals surface area contributed by atoms with Crippen LogP contribution in [0.1, 0.15) is 37.2 Å². The first-order chi connectivity index (χ1) is 8.63. The predicted molar refractivity (Wildman–Crippen MR) is 74.4 cm³/mol. The van der Waals surface area contributed by atoms with E-state index >= 15 is 0 Å². The number of amides is 1. The maximum Gasteiger partial charge on any atom is 0.272 e. The largest absolute Gasteiger partial charge is 0.395 e. The zero-order valence-electron chi connectivity index (χ0n) is 10.8. The molecule has 0 unspecified atom stereocenters. The second-order valence-corrected chi connectivity index (χ2v) is 4.97. The van der Waals surface area contributed by atoms with E-state index in [1.807, 2.05) is 13.8 Å². The Labute approximate surface area is 116 Å².